The van der Waals surface area contributed by atoms with Gasteiger partial charge in [-0.3, -0.25) is 0 Å². The molecule has 0 N–H and O–H groups in total. The van der Waals surface area contributed by atoms with Gasteiger partial charge in [0.2, 0.25) is 0 Å². The van der Waals surface area contributed by atoms with Crippen LogP contribution >= 0.6 is 23.4 Å². The highest BCUT2D eigenvalue weighted by molar-refractivity contribution is 7.98. The summed E-state index contributed by atoms with van der Waals surface area (Å²) in [5, 5.41) is 10.6. The smallest absolute Gasteiger partial charge is 0.191 e. The molecule has 0 aliphatic rings. The topological polar surface area (TPSA) is 30.7 Å². The van der Waals surface area contributed by atoms with Gasteiger partial charge in [0.15, 0.2) is 11.0 Å². The summed E-state index contributed by atoms with van der Waals surface area (Å²) in [7, 11) is 0. The van der Waals surface area contributed by atoms with E-state index < -0.39 is 0 Å². The maximum atomic E-state index is 6.02. The molecule has 0 amide bonds. The summed E-state index contributed by atoms with van der Waals surface area (Å²) in [6, 6.07) is 18.3. The quantitative estimate of drug-likeness (QED) is 0.355. The Morgan fingerprint density at radius 3 is 2.44 bits per heavy atom. The van der Waals surface area contributed by atoms with E-state index in [-0.39, 0.29) is 0 Å². The van der Waals surface area contributed by atoms with Crippen molar-refractivity contribution >= 4 is 23.4 Å². The maximum Gasteiger partial charge on any atom is 0.191 e. The molecule has 0 aliphatic carbocycles. The van der Waals surface area contributed by atoms with Gasteiger partial charge in [0, 0.05) is 22.9 Å². The summed E-state index contributed by atoms with van der Waals surface area (Å²) in [6.07, 6.45) is 3.54. The first-order chi connectivity index (χ1) is 12.3. The summed E-state index contributed by atoms with van der Waals surface area (Å²) in [4.78, 5) is 0. The number of nitrogens with zero attached hydrogens (tertiary/aromatic N) is 3. The van der Waals surface area contributed by atoms with E-state index in [1.807, 2.05) is 30.3 Å². The Balaban J connectivity index is 1.82. The number of hydrogen-bond acceptors (Lipinski definition) is 3. The third-order valence-corrected chi connectivity index (χ3v) is 5.31. The Morgan fingerprint density at radius 1 is 0.960 bits per heavy atom. The molecular weight excluding hydrogens is 350 g/mol. The summed E-state index contributed by atoms with van der Waals surface area (Å²) in [6.45, 7) is 3.16. The molecule has 3 nitrogen and oxygen atoms in total. The molecule has 0 bridgehead atoms. The highest BCUT2D eigenvalue weighted by Gasteiger charge is 2.14. The summed E-state index contributed by atoms with van der Waals surface area (Å²) >= 11 is 7.76. The molecule has 0 radical (unpaired) electrons. The monoisotopic (exact) mass is 371 g/mol. The van der Waals surface area contributed by atoms with Crippen LogP contribution in [0.25, 0.3) is 11.4 Å². The van der Waals surface area contributed by atoms with Gasteiger partial charge in [-0.1, -0.05) is 73.5 Å². The van der Waals surface area contributed by atoms with E-state index in [9.17, 15) is 0 Å². The largest absolute Gasteiger partial charge is 0.302 e. The summed E-state index contributed by atoms with van der Waals surface area (Å²) in [5.74, 6) is 1.82. The molecule has 1 heterocycles. The molecule has 0 atom stereocenters. The number of benzene rings is 2. The highest BCUT2D eigenvalue weighted by atomic mass is 35.5. The van der Waals surface area contributed by atoms with Crippen molar-refractivity contribution < 1.29 is 0 Å². The molecule has 0 saturated carbocycles. The average molecular weight is 372 g/mol. The minimum atomic E-state index is 0.736. The van der Waals surface area contributed by atoms with Crippen molar-refractivity contribution in [2.75, 3.05) is 0 Å². The minimum absolute atomic E-state index is 0.736. The van der Waals surface area contributed by atoms with Crippen LogP contribution in [0, 0.1) is 0 Å². The Labute approximate surface area is 158 Å². The van der Waals surface area contributed by atoms with Gasteiger partial charge in [-0.15, -0.1) is 10.2 Å². The van der Waals surface area contributed by atoms with Gasteiger partial charge in [-0.25, -0.2) is 0 Å². The molecule has 0 aliphatic heterocycles. The van der Waals surface area contributed by atoms with Crippen molar-refractivity contribution in [2.24, 2.45) is 0 Å². The number of aromatic nitrogens is 3. The molecule has 3 aromatic rings. The van der Waals surface area contributed by atoms with Crippen LogP contribution in [-0.4, -0.2) is 14.8 Å². The maximum absolute atomic E-state index is 6.02. The van der Waals surface area contributed by atoms with E-state index >= 15 is 0 Å². The van der Waals surface area contributed by atoms with Crippen LogP contribution in [-0.2, 0) is 12.3 Å². The van der Waals surface area contributed by atoms with Gasteiger partial charge in [-0.05, 0) is 36.2 Å². The average Bonchev–Trinajstić information content (AvgIpc) is 3.05. The number of rotatable bonds is 8. The predicted molar refractivity (Wildman–Crippen MR) is 106 cm³/mol. The van der Waals surface area contributed by atoms with Crippen LogP contribution in [0.2, 0.25) is 5.02 Å². The molecule has 0 fully saturated rings. The van der Waals surface area contributed by atoms with E-state index in [0.29, 0.717) is 0 Å². The van der Waals surface area contributed by atoms with Gasteiger partial charge in [-0.2, -0.15) is 0 Å². The van der Waals surface area contributed by atoms with E-state index in [2.05, 4.69) is 46.0 Å². The third-order valence-electron chi connectivity index (χ3n) is 4.02. The fourth-order valence-corrected chi connectivity index (χ4v) is 3.70. The second-order valence-electron chi connectivity index (χ2n) is 5.95. The molecule has 0 unspecified atom stereocenters. The van der Waals surface area contributed by atoms with E-state index in [1.165, 1.54) is 18.4 Å². The third kappa shape index (κ3) is 4.86. The Bertz CT molecular complexity index is 784. The van der Waals surface area contributed by atoms with E-state index in [1.54, 1.807) is 11.8 Å². The van der Waals surface area contributed by atoms with Crippen molar-refractivity contribution in [1.82, 2.24) is 14.8 Å². The lowest BCUT2D eigenvalue weighted by atomic mass is 10.2. The van der Waals surface area contributed by atoms with E-state index in [0.717, 1.165) is 40.3 Å². The fraction of sp³-hybridized carbons (Fsp3) is 0.300. The van der Waals surface area contributed by atoms with Gasteiger partial charge < -0.3 is 4.57 Å². The van der Waals surface area contributed by atoms with Crippen molar-refractivity contribution in [3.8, 4) is 11.4 Å². The lowest BCUT2D eigenvalue weighted by molar-refractivity contribution is 0.570. The Morgan fingerprint density at radius 2 is 1.72 bits per heavy atom. The first-order valence-electron chi connectivity index (χ1n) is 8.64. The zero-order valence-corrected chi connectivity index (χ0v) is 15.9. The normalized spacial score (nSPS) is 11.0. The zero-order chi connectivity index (χ0) is 17.5. The van der Waals surface area contributed by atoms with E-state index in [4.69, 9.17) is 11.6 Å². The number of halogens is 1. The SMILES string of the molecule is CCCCCn1c(SCc2ccccc2)nnc1-c1ccc(Cl)cc1. The number of thioether (sulfide) groups is 1. The lowest BCUT2D eigenvalue weighted by Crippen LogP contribution is -2.03. The lowest BCUT2D eigenvalue weighted by Gasteiger charge is -2.10. The number of unbranched alkanes of at least 4 members (excludes halogenated alkanes) is 2. The zero-order valence-electron chi connectivity index (χ0n) is 14.4. The molecule has 2 aromatic carbocycles. The molecule has 5 heteroatoms. The van der Waals surface area contributed by atoms with Gasteiger partial charge in [0.25, 0.3) is 0 Å². The van der Waals surface area contributed by atoms with Crippen LogP contribution < -0.4 is 0 Å². The van der Waals surface area contributed by atoms with Crippen LogP contribution in [0.5, 0.6) is 0 Å². The van der Waals surface area contributed by atoms with Crippen LogP contribution in [0.3, 0.4) is 0 Å². The summed E-state index contributed by atoms with van der Waals surface area (Å²) < 4.78 is 2.24. The molecule has 1 aromatic heterocycles. The molecule has 25 heavy (non-hydrogen) atoms. The van der Waals surface area contributed by atoms with Gasteiger partial charge in [0.1, 0.15) is 0 Å². The molecule has 0 spiro atoms. The minimum Gasteiger partial charge on any atom is -0.302 e. The van der Waals surface area contributed by atoms with Crippen molar-refractivity contribution in [3.63, 3.8) is 0 Å². The molecule has 130 valence electrons. The van der Waals surface area contributed by atoms with Crippen LogP contribution in [0.15, 0.2) is 59.8 Å². The highest BCUT2D eigenvalue weighted by Crippen LogP contribution is 2.27. The molecular formula is C20H22ClN3S. The standard InChI is InChI=1S/C20H22ClN3S/c1-2-3-7-14-24-19(17-10-12-18(21)13-11-17)22-23-20(24)25-15-16-8-5-4-6-9-16/h4-6,8-13H,2-3,7,14-15H2,1H3. The first-order valence-corrected chi connectivity index (χ1v) is 10.00. The van der Waals surface area contributed by atoms with Crippen LogP contribution in [0.1, 0.15) is 31.7 Å². The molecule has 0 saturated heterocycles. The molecule has 3 rings (SSSR count). The first kappa shape index (κ1) is 18.0. The Hall–Kier alpha value is -1.78. The van der Waals surface area contributed by atoms with Crippen LogP contribution in [0.4, 0.5) is 0 Å². The van der Waals surface area contributed by atoms with Crippen molar-refractivity contribution in [1.29, 1.82) is 0 Å². The number of hydrogen-bond donors (Lipinski definition) is 0. The van der Waals surface area contributed by atoms with Crippen molar-refractivity contribution in [2.45, 2.75) is 43.6 Å². The predicted octanol–water partition coefficient (Wildman–Crippen LogP) is 6.08. The Kier molecular flexibility index (Phi) is 6.54. The van der Waals surface area contributed by atoms with Crippen molar-refractivity contribution in [3.05, 3.63) is 65.2 Å². The second kappa shape index (κ2) is 9.07. The summed E-state index contributed by atoms with van der Waals surface area (Å²) in [5.41, 5.74) is 2.35. The second-order valence-corrected chi connectivity index (χ2v) is 7.33. The fourth-order valence-electron chi connectivity index (χ4n) is 2.65. The van der Waals surface area contributed by atoms with Gasteiger partial charge >= 0.3 is 0 Å². The van der Waals surface area contributed by atoms with Gasteiger partial charge in [0.05, 0.1) is 0 Å².